The molecule has 40 heavy (non-hydrogen) atoms. The lowest BCUT2D eigenvalue weighted by Gasteiger charge is -2.03. The average Bonchev–Trinajstić information content (AvgIpc) is 2.96. The van der Waals surface area contributed by atoms with Crippen LogP contribution in [0.5, 0.6) is 0 Å². The van der Waals surface area contributed by atoms with Gasteiger partial charge in [-0.3, -0.25) is 0 Å². The smallest absolute Gasteiger partial charge is 0.330 e. The minimum absolute atomic E-state index is 0.159. The molecule has 0 atom stereocenters. The molecule has 0 N–H and O–H groups in total. The molecule has 0 aromatic carbocycles. The van der Waals surface area contributed by atoms with Crippen molar-refractivity contribution >= 4 is 5.97 Å². The van der Waals surface area contributed by atoms with E-state index < -0.39 is 0 Å². The van der Waals surface area contributed by atoms with Crippen molar-refractivity contribution in [1.82, 2.24) is 0 Å². The van der Waals surface area contributed by atoms with Crippen LogP contribution in [0.1, 0.15) is 206 Å². The van der Waals surface area contributed by atoms with E-state index in [2.05, 4.69) is 26.0 Å². The van der Waals surface area contributed by atoms with Crippen molar-refractivity contribution in [1.29, 1.82) is 0 Å². The molecule has 2 nitrogen and oxygen atoms in total. The Morgan fingerprint density at radius 2 is 0.700 bits per heavy atom. The van der Waals surface area contributed by atoms with Crippen molar-refractivity contribution in [2.45, 2.75) is 206 Å². The highest BCUT2D eigenvalue weighted by molar-refractivity contribution is 5.81. The molecule has 0 amide bonds. The fourth-order valence-corrected chi connectivity index (χ4v) is 5.38. The van der Waals surface area contributed by atoms with Gasteiger partial charge >= 0.3 is 5.97 Å². The van der Waals surface area contributed by atoms with Gasteiger partial charge in [-0.25, -0.2) is 4.79 Å². The number of carbonyl (C=O) groups excluding carboxylic acids is 1. The third kappa shape index (κ3) is 35.0. The number of hydrogen-bond acceptors (Lipinski definition) is 2. The number of hydrogen-bond donors (Lipinski definition) is 0. The van der Waals surface area contributed by atoms with E-state index in [1.807, 2.05) is 6.08 Å². The van der Waals surface area contributed by atoms with Crippen LogP contribution in [0.2, 0.25) is 0 Å². The van der Waals surface area contributed by atoms with Gasteiger partial charge < -0.3 is 4.74 Å². The Bertz CT molecular complexity index is 536. The van der Waals surface area contributed by atoms with E-state index in [0.29, 0.717) is 6.61 Å². The standard InChI is InChI=1S/C38H72O2/c1-3-5-7-9-11-13-15-17-19-21-22-24-26-28-30-32-34-36-38(39)40-37-35-33-31-29-27-25-23-20-18-16-14-12-10-8-6-4-2/h18,20,34,36H,3-17,19,21-33,35,37H2,1-2H3/b20-18-,36-34?. The number of unbranched alkanes of at least 4 members (excludes halogenated alkanes) is 27. The summed E-state index contributed by atoms with van der Waals surface area (Å²) in [5.74, 6) is -0.159. The summed E-state index contributed by atoms with van der Waals surface area (Å²) in [4.78, 5) is 11.8. The van der Waals surface area contributed by atoms with Crippen LogP contribution in [0.4, 0.5) is 0 Å². The van der Waals surface area contributed by atoms with Gasteiger partial charge in [-0.05, 0) is 44.9 Å². The summed E-state index contributed by atoms with van der Waals surface area (Å²) in [5.41, 5.74) is 0. The molecule has 0 bridgehead atoms. The summed E-state index contributed by atoms with van der Waals surface area (Å²) < 4.78 is 5.36. The number of carbonyl (C=O) groups is 1. The molecule has 0 unspecified atom stereocenters. The number of esters is 1. The predicted molar refractivity (Wildman–Crippen MR) is 179 cm³/mol. The zero-order valence-electron chi connectivity index (χ0n) is 27.5. The van der Waals surface area contributed by atoms with Crippen LogP contribution in [0.25, 0.3) is 0 Å². The molecular weight excluding hydrogens is 488 g/mol. The summed E-state index contributed by atoms with van der Waals surface area (Å²) in [7, 11) is 0. The van der Waals surface area contributed by atoms with Gasteiger partial charge in [0.2, 0.25) is 0 Å². The third-order valence-corrected chi connectivity index (χ3v) is 8.13. The van der Waals surface area contributed by atoms with E-state index >= 15 is 0 Å². The van der Waals surface area contributed by atoms with E-state index in [4.69, 9.17) is 4.74 Å². The Labute approximate surface area is 252 Å². The normalized spacial score (nSPS) is 11.8. The lowest BCUT2D eigenvalue weighted by atomic mass is 10.0. The second-order valence-electron chi connectivity index (χ2n) is 12.2. The Kier molecular flexibility index (Phi) is 35.0. The zero-order valence-corrected chi connectivity index (χ0v) is 27.5. The quantitative estimate of drug-likeness (QED) is 0.0345. The highest BCUT2D eigenvalue weighted by Crippen LogP contribution is 2.14. The van der Waals surface area contributed by atoms with Crippen LogP contribution >= 0.6 is 0 Å². The van der Waals surface area contributed by atoms with Crippen LogP contribution < -0.4 is 0 Å². The van der Waals surface area contributed by atoms with Crippen molar-refractivity contribution in [3.63, 3.8) is 0 Å². The van der Waals surface area contributed by atoms with E-state index in [1.54, 1.807) is 6.08 Å². The van der Waals surface area contributed by atoms with Gasteiger partial charge in [0.15, 0.2) is 0 Å². The minimum Gasteiger partial charge on any atom is -0.463 e. The van der Waals surface area contributed by atoms with Crippen LogP contribution in [-0.4, -0.2) is 12.6 Å². The first-order valence-corrected chi connectivity index (χ1v) is 18.3. The number of ether oxygens (including phenoxy) is 1. The summed E-state index contributed by atoms with van der Waals surface area (Å²) in [6, 6.07) is 0. The predicted octanol–water partition coefficient (Wildman–Crippen LogP) is 13.4. The van der Waals surface area contributed by atoms with Crippen LogP contribution in [0.3, 0.4) is 0 Å². The van der Waals surface area contributed by atoms with Gasteiger partial charge in [0.25, 0.3) is 0 Å². The van der Waals surface area contributed by atoms with Crippen LogP contribution in [-0.2, 0) is 9.53 Å². The molecule has 236 valence electrons. The first-order chi connectivity index (χ1) is 19.8. The Morgan fingerprint density at radius 1 is 0.400 bits per heavy atom. The van der Waals surface area contributed by atoms with E-state index in [0.717, 1.165) is 12.8 Å². The molecule has 0 aromatic rings. The molecular formula is C38H72O2. The zero-order chi connectivity index (χ0) is 29.0. The SMILES string of the molecule is CCCCCCCC/C=C\CCCCCCCCOC(=O)C=CCCCCCCCCCCCCCCCCC. The van der Waals surface area contributed by atoms with Gasteiger partial charge in [0, 0.05) is 6.08 Å². The lowest BCUT2D eigenvalue weighted by molar-refractivity contribution is -0.137. The topological polar surface area (TPSA) is 26.3 Å². The summed E-state index contributed by atoms with van der Waals surface area (Å²) >= 11 is 0. The lowest BCUT2D eigenvalue weighted by Crippen LogP contribution is -2.02. The van der Waals surface area contributed by atoms with Gasteiger partial charge in [-0.15, -0.1) is 0 Å². The first kappa shape index (κ1) is 39.0. The molecule has 0 aliphatic heterocycles. The molecule has 0 aliphatic rings. The van der Waals surface area contributed by atoms with Crippen LogP contribution in [0.15, 0.2) is 24.3 Å². The first-order valence-electron chi connectivity index (χ1n) is 18.3. The molecule has 0 heterocycles. The van der Waals surface area contributed by atoms with Crippen molar-refractivity contribution in [2.24, 2.45) is 0 Å². The monoisotopic (exact) mass is 561 g/mol. The minimum atomic E-state index is -0.159. The second kappa shape index (κ2) is 36.0. The van der Waals surface area contributed by atoms with Gasteiger partial charge in [0.05, 0.1) is 6.61 Å². The highest BCUT2D eigenvalue weighted by atomic mass is 16.5. The molecule has 0 aromatic heterocycles. The Balaban J connectivity index is 3.25. The molecule has 2 heteroatoms. The summed E-state index contributed by atoms with van der Waals surface area (Å²) in [5, 5.41) is 0. The fourth-order valence-electron chi connectivity index (χ4n) is 5.38. The van der Waals surface area contributed by atoms with Gasteiger partial charge in [0.1, 0.15) is 0 Å². The molecule has 0 radical (unpaired) electrons. The fraction of sp³-hybridized carbons (Fsp3) is 0.868. The summed E-state index contributed by atoms with van der Waals surface area (Å²) in [6.07, 6.45) is 48.5. The van der Waals surface area contributed by atoms with Crippen molar-refractivity contribution in [3.8, 4) is 0 Å². The Morgan fingerprint density at radius 3 is 1.07 bits per heavy atom. The molecule has 0 spiro atoms. The van der Waals surface area contributed by atoms with Gasteiger partial charge in [-0.1, -0.05) is 180 Å². The third-order valence-electron chi connectivity index (χ3n) is 8.13. The largest absolute Gasteiger partial charge is 0.463 e. The van der Waals surface area contributed by atoms with E-state index in [1.165, 1.54) is 180 Å². The van der Waals surface area contributed by atoms with Crippen molar-refractivity contribution in [2.75, 3.05) is 6.61 Å². The average molecular weight is 561 g/mol. The summed E-state index contributed by atoms with van der Waals surface area (Å²) in [6.45, 7) is 5.14. The molecule has 0 saturated heterocycles. The molecule has 0 saturated carbocycles. The second-order valence-corrected chi connectivity index (χ2v) is 12.2. The highest BCUT2D eigenvalue weighted by Gasteiger charge is 1.98. The van der Waals surface area contributed by atoms with E-state index in [9.17, 15) is 4.79 Å². The number of rotatable bonds is 33. The van der Waals surface area contributed by atoms with E-state index in [-0.39, 0.29) is 5.97 Å². The Hall–Kier alpha value is -1.05. The maximum atomic E-state index is 11.8. The maximum absolute atomic E-state index is 11.8. The molecule has 0 fully saturated rings. The molecule has 0 rings (SSSR count). The number of allylic oxidation sites excluding steroid dienone is 3. The van der Waals surface area contributed by atoms with Crippen molar-refractivity contribution in [3.05, 3.63) is 24.3 Å². The van der Waals surface area contributed by atoms with Crippen molar-refractivity contribution < 1.29 is 9.53 Å². The van der Waals surface area contributed by atoms with Gasteiger partial charge in [-0.2, -0.15) is 0 Å². The maximum Gasteiger partial charge on any atom is 0.330 e. The molecule has 0 aliphatic carbocycles. The van der Waals surface area contributed by atoms with Crippen LogP contribution in [0, 0.1) is 0 Å².